The Labute approximate surface area is 102 Å². The molecular formula is C13H31N3. The van der Waals surface area contributed by atoms with Gasteiger partial charge in [-0.1, -0.05) is 6.92 Å². The van der Waals surface area contributed by atoms with Crippen LogP contribution in [0.3, 0.4) is 0 Å². The van der Waals surface area contributed by atoms with E-state index >= 15 is 0 Å². The van der Waals surface area contributed by atoms with Gasteiger partial charge >= 0.3 is 0 Å². The predicted octanol–water partition coefficient (Wildman–Crippen LogP) is 1.65. The van der Waals surface area contributed by atoms with Gasteiger partial charge in [0.05, 0.1) is 0 Å². The third-order valence-corrected chi connectivity index (χ3v) is 3.01. The SMILES string of the molecule is CCCN(CCCC(C)NC)CCN(C)C. The number of nitrogens with zero attached hydrogens (tertiary/aromatic N) is 2. The maximum Gasteiger partial charge on any atom is 0.0109 e. The molecular weight excluding hydrogens is 198 g/mol. The summed E-state index contributed by atoms with van der Waals surface area (Å²) in [6.07, 6.45) is 3.84. The largest absolute Gasteiger partial charge is 0.317 e. The van der Waals surface area contributed by atoms with Crippen LogP contribution in [0, 0.1) is 0 Å². The Bertz CT molecular complexity index is 148. The van der Waals surface area contributed by atoms with Gasteiger partial charge in [0, 0.05) is 19.1 Å². The standard InChI is InChI=1S/C13H31N3/c1-6-9-16(12-11-15(4)5)10-7-8-13(2)14-3/h13-14H,6-12H2,1-5H3. The van der Waals surface area contributed by atoms with Crippen LogP contribution in [-0.2, 0) is 0 Å². The average molecular weight is 229 g/mol. The van der Waals surface area contributed by atoms with Gasteiger partial charge < -0.3 is 15.1 Å². The van der Waals surface area contributed by atoms with E-state index in [2.05, 4.69) is 43.1 Å². The minimum atomic E-state index is 0.650. The second-order valence-electron chi connectivity index (χ2n) is 4.98. The van der Waals surface area contributed by atoms with Gasteiger partial charge in [0.25, 0.3) is 0 Å². The molecule has 0 aliphatic heterocycles. The van der Waals surface area contributed by atoms with Gasteiger partial charge in [-0.2, -0.15) is 0 Å². The average Bonchev–Trinajstić information content (AvgIpc) is 2.25. The number of hydrogen-bond donors (Lipinski definition) is 1. The molecule has 1 atom stereocenters. The van der Waals surface area contributed by atoms with E-state index in [1.807, 2.05) is 7.05 Å². The molecule has 0 spiro atoms. The molecule has 0 aliphatic rings. The van der Waals surface area contributed by atoms with Crippen LogP contribution < -0.4 is 5.32 Å². The van der Waals surface area contributed by atoms with Gasteiger partial charge in [0.1, 0.15) is 0 Å². The van der Waals surface area contributed by atoms with E-state index in [9.17, 15) is 0 Å². The Morgan fingerprint density at radius 1 is 1.06 bits per heavy atom. The highest BCUT2D eigenvalue weighted by atomic mass is 15.2. The van der Waals surface area contributed by atoms with E-state index in [4.69, 9.17) is 0 Å². The molecule has 3 nitrogen and oxygen atoms in total. The van der Waals surface area contributed by atoms with Crippen molar-refractivity contribution in [3.05, 3.63) is 0 Å². The van der Waals surface area contributed by atoms with Gasteiger partial charge in [-0.05, 0) is 60.4 Å². The fourth-order valence-electron chi connectivity index (χ4n) is 1.76. The monoisotopic (exact) mass is 229 g/mol. The number of likely N-dealkylation sites (N-methyl/N-ethyl adjacent to an activating group) is 1. The topological polar surface area (TPSA) is 18.5 Å². The lowest BCUT2D eigenvalue weighted by molar-refractivity contribution is 0.235. The van der Waals surface area contributed by atoms with Crippen LogP contribution in [0.5, 0.6) is 0 Å². The fourth-order valence-corrected chi connectivity index (χ4v) is 1.76. The maximum absolute atomic E-state index is 3.29. The number of hydrogen-bond acceptors (Lipinski definition) is 3. The highest BCUT2D eigenvalue weighted by Crippen LogP contribution is 2.00. The summed E-state index contributed by atoms with van der Waals surface area (Å²) in [5, 5.41) is 3.29. The number of nitrogens with one attached hydrogen (secondary N) is 1. The molecule has 0 rings (SSSR count). The second-order valence-corrected chi connectivity index (χ2v) is 4.98. The number of rotatable bonds is 10. The molecule has 0 aromatic rings. The molecule has 0 fully saturated rings. The third kappa shape index (κ3) is 9.13. The Hall–Kier alpha value is -0.120. The quantitative estimate of drug-likeness (QED) is 0.614. The Morgan fingerprint density at radius 3 is 2.25 bits per heavy atom. The normalized spacial score (nSPS) is 13.7. The lowest BCUT2D eigenvalue weighted by Gasteiger charge is -2.24. The van der Waals surface area contributed by atoms with Crippen LogP contribution in [0.25, 0.3) is 0 Å². The first-order valence-corrected chi connectivity index (χ1v) is 6.64. The highest BCUT2D eigenvalue weighted by Gasteiger charge is 2.05. The maximum atomic E-state index is 3.29. The minimum Gasteiger partial charge on any atom is -0.317 e. The summed E-state index contributed by atoms with van der Waals surface area (Å²) in [4.78, 5) is 4.85. The lowest BCUT2D eigenvalue weighted by atomic mass is 10.2. The molecule has 0 amide bonds. The van der Waals surface area contributed by atoms with Gasteiger partial charge in [0.15, 0.2) is 0 Å². The first kappa shape index (κ1) is 15.9. The van der Waals surface area contributed by atoms with E-state index in [1.54, 1.807) is 0 Å². The van der Waals surface area contributed by atoms with Crippen LogP contribution in [0.1, 0.15) is 33.1 Å². The summed E-state index contributed by atoms with van der Waals surface area (Å²) >= 11 is 0. The van der Waals surface area contributed by atoms with Gasteiger partial charge in [-0.15, -0.1) is 0 Å². The van der Waals surface area contributed by atoms with Gasteiger partial charge in [-0.25, -0.2) is 0 Å². The van der Waals surface area contributed by atoms with Crippen LogP contribution >= 0.6 is 0 Å². The van der Waals surface area contributed by atoms with E-state index in [0.717, 1.165) is 0 Å². The minimum absolute atomic E-state index is 0.650. The molecule has 98 valence electrons. The van der Waals surface area contributed by atoms with Crippen LogP contribution in [0.2, 0.25) is 0 Å². The molecule has 0 bridgehead atoms. The molecule has 16 heavy (non-hydrogen) atoms. The van der Waals surface area contributed by atoms with Crippen molar-refractivity contribution in [2.24, 2.45) is 0 Å². The van der Waals surface area contributed by atoms with E-state index in [-0.39, 0.29) is 0 Å². The van der Waals surface area contributed by atoms with E-state index in [0.29, 0.717) is 6.04 Å². The summed E-state index contributed by atoms with van der Waals surface area (Å²) in [5.74, 6) is 0. The first-order chi connectivity index (χ1) is 7.60. The smallest absolute Gasteiger partial charge is 0.0109 e. The molecule has 0 aliphatic carbocycles. The van der Waals surface area contributed by atoms with Crippen molar-refractivity contribution >= 4 is 0 Å². The van der Waals surface area contributed by atoms with Crippen LogP contribution in [0.4, 0.5) is 0 Å². The van der Waals surface area contributed by atoms with Gasteiger partial charge in [-0.3, -0.25) is 0 Å². The van der Waals surface area contributed by atoms with E-state index in [1.165, 1.54) is 45.4 Å². The van der Waals surface area contributed by atoms with Crippen molar-refractivity contribution in [3.63, 3.8) is 0 Å². The first-order valence-electron chi connectivity index (χ1n) is 6.64. The van der Waals surface area contributed by atoms with Crippen LogP contribution in [-0.4, -0.2) is 63.2 Å². The van der Waals surface area contributed by atoms with Crippen molar-refractivity contribution < 1.29 is 0 Å². The molecule has 0 saturated carbocycles. The summed E-state index contributed by atoms with van der Waals surface area (Å²) in [6, 6.07) is 0.650. The molecule has 0 aromatic heterocycles. The van der Waals surface area contributed by atoms with Crippen molar-refractivity contribution in [1.82, 2.24) is 15.1 Å². The van der Waals surface area contributed by atoms with E-state index < -0.39 is 0 Å². The Kier molecular flexibility index (Phi) is 9.99. The highest BCUT2D eigenvalue weighted by molar-refractivity contribution is 4.63. The Morgan fingerprint density at radius 2 is 1.75 bits per heavy atom. The summed E-state index contributed by atoms with van der Waals surface area (Å²) in [6.45, 7) is 9.37. The molecule has 3 heteroatoms. The molecule has 0 radical (unpaired) electrons. The second kappa shape index (κ2) is 10.1. The lowest BCUT2D eigenvalue weighted by Crippen LogP contribution is -2.33. The Balaban J connectivity index is 3.67. The predicted molar refractivity (Wildman–Crippen MR) is 73.0 cm³/mol. The zero-order chi connectivity index (χ0) is 12.4. The zero-order valence-corrected chi connectivity index (χ0v) is 11.9. The van der Waals surface area contributed by atoms with Crippen molar-refractivity contribution in [1.29, 1.82) is 0 Å². The molecule has 0 heterocycles. The van der Waals surface area contributed by atoms with Crippen molar-refractivity contribution in [2.45, 2.75) is 39.2 Å². The fraction of sp³-hybridized carbons (Fsp3) is 1.00. The third-order valence-electron chi connectivity index (χ3n) is 3.01. The molecule has 0 saturated heterocycles. The van der Waals surface area contributed by atoms with Crippen LogP contribution in [0.15, 0.2) is 0 Å². The van der Waals surface area contributed by atoms with Gasteiger partial charge in [0.2, 0.25) is 0 Å². The summed E-state index contributed by atoms with van der Waals surface area (Å²) < 4.78 is 0. The summed E-state index contributed by atoms with van der Waals surface area (Å²) in [5.41, 5.74) is 0. The molecule has 0 aromatic carbocycles. The van der Waals surface area contributed by atoms with Crippen molar-refractivity contribution in [3.8, 4) is 0 Å². The zero-order valence-electron chi connectivity index (χ0n) is 11.9. The molecule has 1 unspecified atom stereocenters. The molecule has 1 N–H and O–H groups in total. The van der Waals surface area contributed by atoms with Crippen molar-refractivity contribution in [2.75, 3.05) is 47.3 Å². The summed E-state index contributed by atoms with van der Waals surface area (Å²) in [7, 11) is 6.33.